The lowest BCUT2D eigenvalue weighted by Crippen LogP contribution is -2.25. The van der Waals surface area contributed by atoms with Crippen molar-refractivity contribution < 1.29 is 0 Å². The van der Waals surface area contributed by atoms with Crippen molar-refractivity contribution >= 4 is 0 Å². The summed E-state index contributed by atoms with van der Waals surface area (Å²) in [5.74, 6) is 0.737. The molecule has 2 N–H and O–H groups in total. The third kappa shape index (κ3) is 2.10. The molecule has 2 unspecified atom stereocenters. The van der Waals surface area contributed by atoms with Crippen molar-refractivity contribution in [1.29, 1.82) is 0 Å². The van der Waals surface area contributed by atoms with Gasteiger partial charge in [-0.3, -0.25) is 0 Å². The third-order valence-corrected chi connectivity index (χ3v) is 3.13. The maximum atomic E-state index is 6.07. The van der Waals surface area contributed by atoms with E-state index in [1.54, 1.807) is 0 Å². The molecule has 0 aromatic rings. The second-order valence-electron chi connectivity index (χ2n) is 4.77. The number of nitrogens with two attached hydrogens (primary N) is 1. The highest BCUT2D eigenvalue weighted by atomic mass is 14.7. The van der Waals surface area contributed by atoms with Crippen molar-refractivity contribution in [3.8, 4) is 0 Å². The quantitative estimate of drug-likeness (QED) is 0.640. The van der Waals surface area contributed by atoms with Crippen molar-refractivity contribution in [3.05, 3.63) is 12.2 Å². The van der Waals surface area contributed by atoms with Crippen LogP contribution in [0.25, 0.3) is 0 Å². The van der Waals surface area contributed by atoms with E-state index in [0.717, 1.165) is 18.8 Å². The number of rotatable bonds is 4. The van der Waals surface area contributed by atoms with Gasteiger partial charge in [0.05, 0.1) is 0 Å². The lowest BCUT2D eigenvalue weighted by molar-refractivity contribution is 0.473. The van der Waals surface area contributed by atoms with Crippen molar-refractivity contribution in [2.24, 2.45) is 17.1 Å². The zero-order valence-corrected chi connectivity index (χ0v) is 8.56. The predicted octanol–water partition coefficient (Wildman–Crippen LogP) is 2.72. The third-order valence-electron chi connectivity index (χ3n) is 3.13. The van der Waals surface area contributed by atoms with Crippen LogP contribution in [0.15, 0.2) is 12.2 Å². The summed E-state index contributed by atoms with van der Waals surface area (Å²) in [5, 5.41) is 0. The summed E-state index contributed by atoms with van der Waals surface area (Å²) in [6, 6.07) is 0.354. The van der Waals surface area contributed by atoms with Gasteiger partial charge >= 0.3 is 0 Å². The molecule has 1 aliphatic rings. The van der Waals surface area contributed by atoms with E-state index in [9.17, 15) is 0 Å². The Morgan fingerprint density at radius 3 is 2.50 bits per heavy atom. The average Bonchev–Trinajstić information content (AvgIpc) is 2.59. The van der Waals surface area contributed by atoms with Gasteiger partial charge in [0.1, 0.15) is 0 Å². The first kappa shape index (κ1) is 9.79. The zero-order chi connectivity index (χ0) is 9.35. The highest BCUT2D eigenvalue weighted by molar-refractivity contribution is 5.06. The average molecular weight is 167 g/mol. The molecule has 12 heavy (non-hydrogen) atoms. The van der Waals surface area contributed by atoms with Crippen LogP contribution in [0.2, 0.25) is 0 Å². The lowest BCUT2D eigenvalue weighted by Gasteiger charge is -2.13. The van der Waals surface area contributed by atoms with Gasteiger partial charge in [-0.2, -0.15) is 0 Å². The highest BCUT2D eigenvalue weighted by Crippen LogP contribution is 2.53. The molecule has 0 bridgehead atoms. The fourth-order valence-electron chi connectivity index (χ4n) is 1.86. The Bertz CT molecular complexity index is 181. The fraction of sp³-hybridized carbons (Fsp3) is 0.818. The molecule has 1 nitrogen and oxygen atoms in total. The van der Waals surface area contributed by atoms with Gasteiger partial charge in [-0.15, -0.1) is 0 Å². The summed E-state index contributed by atoms with van der Waals surface area (Å²) in [7, 11) is 0. The van der Waals surface area contributed by atoms with E-state index in [1.807, 2.05) is 0 Å². The van der Waals surface area contributed by atoms with Gasteiger partial charge < -0.3 is 5.73 Å². The summed E-state index contributed by atoms with van der Waals surface area (Å²) in [6.07, 6.45) is 3.39. The molecule has 0 spiro atoms. The first-order valence-corrected chi connectivity index (χ1v) is 4.89. The molecule has 1 aliphatic carbocycles. The minimum atomic E-state index is 0.354. The Hall–Kier alpha value is -0.300. The van der Waals surface area contributed by atoms with Crippen LogP contribution in [0.3, 0.4) is 0 Å². The van der Waals surface area contributed by atoms with E-state index in [4.69, 9.17) is 5.73 Å². The topological polar surface area (TPSA) is 26.0 Å². The van der Waals surface area contributed by atoms with E-state index in [2.05, 4.69) is 27.4 Å². The zero-order valence-electron chi connectivity index (χ0n) is 8.56. The molecule has 1 rings (SSSR count). The number of hydrogen-bond acceptors (Lipinski definition) is 1. The van der Waals surface area contributed by atoms with Crippen LogP contribution in [0.4, 0.5) is 0 Å². The Labute approximate surface area is 76.0 Å². The van der Waals surface area contributed by atoms with E-state index >= 15 is 0 Å². The van der Waals surface area contributed by atoms with Gasteiger partial charge in [0.2, 0.25) is 0 Å². The van der Waals surface area contributed by atoms with Gasteiger partial charge in [0.25, 0.3) is 0 Å². The van der Waals surface area contributed by atoms with Crippen LogP contribution in [-0.4, -0.2) is 6.04 Å². The smallest absolute Gasteiger partial charge is 0.0110 e. The Morgan fingerprint density at radius 1 is 1.67 bits per heavy atom. The minimum absolute atomic E-state index is 0.354. The first-order valence-electron chi connectivity index (χ1n) is 4.89. The predicted molar refractivity (Wildman–Crippen MR) is 53.9 cm³/mol. The molecule has 0 radical (unpaired) electrons. The SMILES string of the molecule is C=C(CC)CC(N)C1CC1(C)C. The Morgan fingerprint density at radius 2 is 2.17 bits per heavy atom. The summed E-state index contributed by atoms with van der Waals surface area (Å²) < 4.78 is 0. The monoisotopic (exact) mass is 167 g/mol. The van der Waals surface area contributed by atoms with Crippen LogP contribution >= 0.6 is 0 Å². The molecule has 1 fully saturated rings. The van der Waals surface area contributed by atoms with Crippen molar-refractivity contribution in [3.63, 3.8) is 0 Å². The van der Waals surface area contributed by atoms with Crippen LogP contribution in [0, 0.1) is 11.3 Å². The molecule has 2 atom stereocenters. The molecule has 0 heterocycles. The minimum Gasteiger partial charge on any atom is -0.327 e. The normalized spacial score (nSPS) is 28.2. The van der Waals surface area contributed by atoms with E-state index < -0.39 is 0 Å². The Balaban J connectivity index is 2.31. The highest BCUT2D eigenvalue weighted by Gasteiger charge is 2.48. The molecular formula is C11H21N. The second-order valence-corrected chi connectivity index (χ2v) is 4.77. The molecule has 0 aromatic carbocycles. The molecule has 0 amide bonds. The fourth-order valence-corrected chi connectivity index (χ4v) is 1.86. The second kappa shape index (κ2) is 3.21. The molecule has 0 aromatic heterocycles. The molecule has 1 saturated carbocycles. The lowest BCUT2D eigenvalue weighted by atomic mass is 9.98. The van der Waals surface area contributed by atoms with E-state index in [-0.39, 0.29) is 0 Å². The van der Waals surface area contributed by atoms with Gasteiger partial charge in [0.15, 0.2) is 0 Å². The van der Waals surface area contributed by atoms with Gasteiger partial charge in [0, 0.05) is 6.04 Å². The van der Waals surface area contributed by atoms with Crippen LogP contribution in [0.5, 0.6) is 0 Å². The molecule has 70 valence electrons. The number of hydrogen-bond donors (Lipinski definition) is 1. The summed E-state index contributed by atoms with van der Waals surface area (Å²) in [5.41, 5.74) is 7.87. The van der Waals surface area contributed by atoms with Crippen LogP contribution < -0.4 is 5.73 Å². The van der Waals surface area contributed by atoms with E-state index in [0.29, 0.717) is 11.5 Å². The summed E-state index contributed by atoms with van der Waals surface area (Å²) in [4.78, 5) is 0. The largest absolute Gasteiger partial charge is 0.327 e. The van der Waals surface area contributed by atoms with Gasteiger partial charge in [-0.1, -0.05) is 32.9 Å². The Kier molecular flexibility index (Phi) is 2.62. The van der Waals surface area contributed by atoms with Crippen molar-refractivity contribution in [1.82, 2.24) is 0 Å². The maximum Gasteiger partial charge on any atom is 0.0110 e. The molecule has 1 heteroatoms. The summed E-state index contributed by atoms with van der Waals surface area (Å²) in [6.45, 7) is 10.7. The van der Waals surface area contributed by atoms with Crippen molar-refractivity contribution in [2.75, 3.05) is 0 Å². The van der Waals surface area contributed by atoms with Crippen LogP contribution in [0.1, 0.15) is 40.0 Å². The molecule has 0 aliphatic heterocycles. The van der Waals surface area contributed by atoms with Crippen molar-refractivity contribution in [2.45, 2.75) is 46.1 Å². The van der Waals surface area contributed by atoms with E-state index in [1.165, 1.54) is 12.0 Å². The maximum absolute atomic E-state index is 6.07. The van der Waals surface area contributed by atoms with Crippen LogP contribution in [-0.2, 0) is 0 Å². The van der Waals surface area contributed by atoms with Gasteiger partial charge in [-0.25, -0.2) is 0 Å². The summed E-state index contributed by atoms with van der Waals surface area (Å²) >= 11 is 0. The molecular weight excluding hydrogens is 146 g/mol. The standard InChI is InChI=1S/C11H21N/c1-5-8(2)6-10(12)9-7-11(9,3)4/h9-10H,2,5-7,12H2,1,3-4H3. The first-order chi connectivity index (χ1) is 5.47. The van der Waals surface area contributed by atoms with Gasteiger partial charge in [-0.05, 0) is 30.6 Å². The molecule has 0 saturated heterocycles.